The molecule has 0 bridgehead atoms. The number of benzene rings is 1. The Bertz CT molecular complexity index is 983. The zero-order valence-corrected chi connectivity index (χ0v) is 19.2. The topological polar surface area (TPSA) is 96.5 Å². The lowest BCUT2D eigenvalue weighted by Gasteiger charge is -2.40. The number of rotatable bonds is 6. The van der Waals surface area contributed by atoms with Gasteiger partial charge in [-0.25, -0.2) is 13.1 Å². The van der Waals surface area contributed by atoms with Gasteiger partial charge in [-0.3, -0.25) is 4.79 Å². The zero-order valence-electron chi connectivity index (χ0n) is 18.4. The smallest absolute Gasteiger partial charge is 0.255 e. The van der Waals surface area contributed by atoms with Gasteiger partial charge in [0.2, 0.25) is 10.0 Å². The molecule has 1 aliphatic carbocycles. The summed E-state index contributed by atoms with van der Waals surface area (Å²) in [6.45, 7) is 3.57. The molecule has 1 saturated heterocycles. The van der Waals surface area contributed by atoms with Gasteiger partial charge in [-0.15, -0.1) is 0 Å². The van der Waals surface area contributed by atoms with E-state index in [2.05, 4.69) is 28.4 Å². The molecule has 8 heteroatoms. The van der Waals surface area contributed by atoms with Crippen LogP contribution < -0.4 is 20.1 Å². The Balaban J connectivity index is 1.73. The van der Waals surface area contributed by atoms with Crippen LogP contribution in [0.1, 0.15) is 67.8 Å². The van der Waals surface area contributed by atoms with Crippen LogP contribution in [0.4, 0.5) is 0 Å². The third kappa shape index (κ3) is 4.38. The molecule has 3 N–H and O–H groups in total. The van der Waals surface area contributed by atoms with Crippen molar-refractivity contribution in [2.45, 2.75) is 74.8 Å². The van der Waals surface area contributed by atoms with Gasteiger partial charge in [-0.1, -0.05) is 6.08 Å². The van der Waals surface area contributed by atoms with Gasteiger partial charge < -0.3 is 15.4 Å². The SMILES string of the molecule is CNS(=O)(=O)c1cc2c(c(C(=O)NC(C)(C3=CCCCC3)C3CCCN3)c1)OCCC2. The van der Waals surface area contributed by atoms with Gasteiger partial charge in [0.25, 0.3) is 5.91 Å². The summed E-state index contributed by atoms with van der Waals surface area (Å²) in [6, 6.07) is 3.23. The molecule has 4 rings (SSSR count). The minimum Gasteiger partial charge on any atom is -0.492 e. The molecular formula is C23H33N3O4S. The van der Waals surface area contributed by atoms with Crippen molar-refractivity contribution in [3.05, 3.63) is 34.9 Å². The van der Waals surface area contributed by atoms with Crippen molar-refractivity contribution >= 4 is 15.9 Å². The van der Waals surface area contributed by atoms with Crippen LogP contribution in [0.25, 0.3) is 0 Å². The summed E-state index contributed by atoms with van der Waals surface area (Å²) in [4.78, 5) is 13.7. The van der Waals surface area contributed by atoms with E-state index in [0.29, 0.717) is 24.3 Å². The predicted octanol–water partition coefficient (Wildman–Crippen LogP) is 2.66. The second kappa shape index (κ2) is 8.92. The fourth-order valence-corrected chi connectivity index (χ4v) is 5.88. The molecule has 3 aliphatic rings. The standard InChI is InChI=1S/C23H33N3O4S/c1-23(20-11-6-12-25-20,17-9-4-3-5-10-17)26-22(27)19-15-18(31(28,29)24-2)14-16-8-7-13-30-21(16)19/h9,14-15,20,24-25H,3-8,10-13H2,1-2H3,(H,26,27). The van der Waals surface area contributed by atoms with Gasteiger partial charge in [-0.05, 0) is 95.2 Å². The number of hydrogen-bond acceptors (Lipinski definition) is 5. The average Bonchev–Trinajstić information content (AvgIpc) is 3.34. The fraction of sp³-hybridized carbons (Fsp3) is 0.609. The maximum Gasteiger partial charge on any atom is 0.255 e. The second-order valence-electron chi connectivity index (χ2n) is 8.90. The first-order chi connectivity index (χ1) is 14.8. The van der Waals surface area contributed by atoms with Crippen LogP contribution >= 0.6 is 0 Å². The summed E-state index contributed by atoms with van der Waals surface area (Å²) >= 11 is 0. The number of ether oxygens (including phenoxy) is 1. The van der Waals surface area contributed by atoms with E-state index in [1.54, 1.807) is 6.07 Å². The highest BCUT2D eigenvalue weighted by Gasteiger charge is 2.41. The van der Waals surface area contributed by atoms with Crippen LogP contribution in [0.2, 0.25) is 0 Å². The Hall–Kier alpha value is -1.90. The molecule has 2 heterocycles. The number of fused-ring (bicyclic) bond motifs is 1. The summed E-state index contributed by atoms with van der Waals surface area (Å²) in [5, 5.41) is 6.87. The average molecular weight is 448 g/mol. The first-order valence-corrected chi connectivity index (χ1v) is 12.8. The van der Waals surface area contributed by atoms with Crippen LogP contribution in [-0.4, -0.2) is 46.1 Å². The molecule has 2 aliphatic heterocycles. The van der Waals surface area contributed by atoms with E-state index in [9.17, 15) is 13.2 Å². The van der Waals surface area contributed by atoms with Crippen molar-refractivity contribution in [2.24, 2.45) is 0 Å². The number of sulfonamides is 1. The largest absolute Gasteiger partial charge is 0.492 e. The number of aryl methyl sites for hydroxylation is 1. The molecule has 1 aromatic rings. The van der Waals surface area contributed by atoms with Gasteiger partial charge in [0.1, 0.15) is 5.75 Å². The number of nitrogens with one attached hydrogen (secondary N) is 3. The molecule has 0 aromatic heterocycles. The van der Waals surface area contributed by atoms with E-state index in [4.69, 9.17) is 4.74 Å². The van der Waals surface area contributed by atoms with Crippen LogP contribution in [0.15, 0.2) is 28.7 Å². The first kappa shape index (κ1) is 22.3. The summed E-state index contributed by atoms with van der Waals surface area (Å²) in [6.07, 6.45) is 10.1. The van der Waals surface area contributed by atoms with E-state index in [1.807, 2.05) is 0 Å². The molecule has 2 atom stereocenters. The van der Waals surface area contributed by atoms with Crippen LogP contribution in [0.3, 0.4) is 0 Å². The van der Waals surface area contributed by atoms with Crippen molar-refractivity contribution in [2.75, 3.05) is 20.2 Å². The number of amides is 1. The van der Waals surface area contributed by atoms with E-state index < -0.39 is 15.6 Å². The van der Waals surface area contributed by atoms with Gasteiger partial charge in [0.05, 0.1) is 22.6 Å². The summed E-state index contributed by atoms with van der Waals surface area (Å²) in [5.74, 6) is 0.229. The molecule has 1 aromatic carbocycles. The van der Waals surface area contributed by atoms with Crippen molar-refractivity contribution in [1.82, 2.24) is 15.4 Å². The number of allylic oxidation sites excluding steroid dienone is 1. The lowest BCUT2D eigenvalue weighted by molar-refractivity contribution is 0.0896. The highest BCUT2D eigenvalue weighted by Crippen LogP contribution is 2.36. The number of carbonyl (C=O) groups is 1. The van der Waals surface area contributed by atoms with Crippen LogP contribution in [0, 0.1) is 0 Å². The second-order valence-corrected chi connectivity index (χ2v) is 10.8. The van der Waals surface area contributed by atoms with Crippen molar-refractivity contribution in [3.63, 3.8) is 0 Å². The third-order valence-electron chi connectivity index (χ3n) is 6.89. The molecule has 0 spiro atoms. The van der Waals surface area contributed by atoms with E-state index in [-0.39, 0.29) is 16.8 Å². The van der Waals surface area contributed by atoms with Crippen molar-refractivity contribution < 1.29 is 17.9 Å². The van der Waals surface area contributed by atoms with Crippen molar-refractivity contribution in [3.8, 4) is 5.75 Å². The maximum atomic E-state index is 13.6. The molecule has 7 nitrogen and oxygen atoms in total. The van der Waals surface area contributed by atoms with E-state index >= 15 is 0 Å². The molecule has 0 saturated carbocycles. The molecule has 1 amide bonds. The normalized spacial score (nSPS) is 23.3. The molecule has 31 heavy (non-hydrogen) atoms. The lowest BCUT2D eigenvalue weighted by atomic mass is 9.78. The van der Waals surface area contributed by atoms with Crippen LogP contribution in [0.5, 0.6) is 5.75 Å². The Morgan fingerprint density at radius 1 is 1.19 bits per heavy atom. The quantitative estimate of drug-likeness (QED) is 0.583. The summed E-state index contributed by atoms with van der Waals surface area (Å²) in [7, 11) is -2.30. The van der Waals surface area contributed by atoms with Gasteiger partial charge in [-0.2, -0.15) is 0 Å². The number of carbonyl (C=O) groups excluding carboxylic acids is 1. The third-order valence-corrected chi connectivity index (χ3v) is 8.28. The van der Waals surface area contributed by atoms with Gasteiger partial charge in [0, 0.05) is 6.04 Å². The summed E-state index contributed by atoms with van der Waals surface area (Å²) < 4.78 is 33.2. The number of hydrogen-bond donors (Lipinski definition) is 3. The highest BCUT2D eigenvalue weighted by molar-refractivity contribution is 7.89. The van der Waals surface area contributed by atoms with E-state index in [1.165, 1.54) is 25.1 Å². The minimum absolute atomic E-state index is 0.0991. The van der Waals surface area contributed by atoms with Gasteiger partial charge in [0.15, 0.2) is 0 Å². The Morgan fingerprint density at radius 3 is 2.71 bits per heavy atom. The van der Waals surface area contributed by atoms with Gasteiger partial charge >= 0.3 is 0 Å². The van der Waals surface area contributed by atoms with Crippen LogP contribution in [-0.2, 0) is 16.4 Å². The zero-order chi connectivity index (χ0) is 22.1. The monoisotopic (exact) mass is 447 g/mol. The molecule has 2 unspecified atom stereocenters. The van der Waals surface area contributed by atoms with Crippen molar-refractivity contribution in [1.29, 1.82) is 0 Å². The minimum atomic E-state index is -3.68. The lowest BCUT2D eigenvalue weighted by Crippen LogP contribution is -2.59. The Morgan fingerprint density at radius 2 is 2.03 bits per heavy atom. The van der Waals surface area contributed by atoms with E-state index in [0.717, 1.165) is 50.6 Å². The first-order valence-electron chi connectivity index (χ1n) is 11.3. The maximum absolute atomic E-state index is 13.6. The molecule has 1 fully saturated rings. The Labute approximate surface area is 185 Å². The predicted molar refractivity (Wildman–Crippen MR) is 120 cm³/mol. The fourth-order valence-electron chi connectivity index (χ4n) is 5.08. The molecular weight excluding hydrogens is 414 g/mol. The molecule has 170 valence electrons. The Kier molecular flexibility index (Phi) is 6.42. The summed E-state index contributed by atoms with van der Waals surface area (Å²) in [5.41, 5.74) is 1.81. The highest BCUT2D eigenvalue weighted by atomic mass is 32.2. The molecule has 0 radical (unpaired) electrons.